The fourth-order valence-electron chi connectivity index (χ4n) is 4.78. The monoisotopic (exact) mass is 330 g/mol. The molecule has 5 rings (SSSR count). The molecule has 3 heteroatoms. The predicted octanol–water partition coefficient (Wildman–Crippen LogP) is 4.28. The van der Waals surface area contributed by atoms with Crippen LogP contribution < -0.4 is 5.32 Å². The van der Waals surface area contributed by atoms with Crippen LogP contribution in [0.15, 0.2) is 36.5 Å². The van der Waals surface area contributed by atoms with Crippen molar-refractivity contribution in [2.24, 2.45) is 0 Å². The van der Waals surface area contributed by atoms with Gasteiger partial charge in [0.15, 0.2) is 0 Å². The maximum atomic E-state index is 12.5. The lowest BCUT2D eigenvalue weighted by molar-refractivity contribution is 0.0909. The molecule has 1 aromatic carbocycles. The number of nitrogens with zero attached hydrogens (tertiary/aromatic N) is 1. The number of fused-ring (bicyclic) bond motifs is 3. The molecule has 1 N–H and O–H groups in total. The minimum Gasteiger partial charge on any atom is -0.342 e. The van der Waals surface area contributed by atoms with E-state index < -0.39 is 0 Å². The Morgan fingerprint density at radius 3 is 2.76 bits per heavy atom. The summed E-state index contributed by atoms with van der Waals surface area (Å²) >= 11 is 0. The highest BCUT2D eigenvalue weighted by Crippen LogP contribution is 2.44. The van der Waals surface area contributed by atoms with E-state index in [9.17, 15) is 4.79 Å². The Morgan fingerprint density at radius 2 is 1.92 bits per heavy atom. The molecule has 3 aliphatic rings. The first-order chi connectivity index (χ1) is 12.2. The third-order valence-corrected chi connectivity index (χ3v) is 6.05. The predicted molar refractivity (Wildman–Crippen MR) is 98.4 cm³/mol. The molecule has 3 nitrogen and oxygen atoms in total. The van der Waals surface area contributed by atoms with Gasteiger partial charge in [-0.1, -0.05) is 31.4 Å². The standard InChI is InChI=1S/C22H22N2O/c1-14-11-18-16(7-8-20(18)23-13-14)15-5-6-17-19(12-15)22(24-21(17)25)9-3-2-4-10-22/h5-7,11-13H,2-4,8-10H2,1H3,(H,24,25). The van der Waals surface area contributed by atoms with Crippen molar-refractivity contribution >= 4 is 11.5 Å². The van der Waals surface area contributed by atoms with Crippen molar-refractivity contribution in [1.29, 1.82) is 0 Å². The Morgan fingerprint density at radius 1 is 1.08 bits per heavy atom. The zero-order chi connectivity index (χ0) is 17.0. The fourth-order valence-corrected chi connectivity index (χ4v) is 4.78. The topological polar surface area (TPSA) is 42.0 Å². The van der Waals surface area contributed by atoms with E-state index in [1.54, 1.807) is 0 Å². The Bertz CT molecular complexity index is 920. The van der Waals surface area contributed by atoms with Crippen molar-refractivity contribution in [3.63, 3.8) is 0 Å². The van der Waals surface area contributed by atoms with Crippen LogP contribution in [0.25, 0.3) is 5.57 Å². The molecule has 1 aromatic heterocycles. The van der Waals surface area contributed by atoms with Gasteiger partial charge in [0.05, 0.1) is 11.2 Å². The van der Waals surface area contributed by atoms with Crippen molar-refractivity contribution in [3.05, 3.63) is 70.0 Å². The maximum absolute atomic E-state index is 12.5. The minimum absolute atomic E-state index is 0.0989. The molecule has 1 amide bonds. The van der Waals surface area contributed by atoms with Crippen LogP contribution in [-0.2, 0) is 12.0 Å². The van der Waals surface area contributed by atoms with Crippen molar-refractivity contribution in [3.8, 4) is 0 Å². The molecular formula is C22H22N2O. The molecule has 2 heterocycles. The molecule has 1 aliphatic heterocycles. The van der Waals surface area contributed by atoms with Crippen LogP contribution >= 0.6 is 0 Å². The Hall–Kier alpha value is -2.42. The van der Waals surface area contributed by atoms with Crippen LogP contribution in [0.1, 0.15) is 70.4 Å². The van der Waals surface area contributed by atoms with Crippen LogP contribution in [0, 0.1) is 6.92 Å². The van der Waals surface area contributed by atoms with Crippen molar-refractivity contribution in [2.45, 2.75) is 51.0 Å². The molecule has 0 radical (unpaired) electrons. The molecular weight excluding hydrogens is 308 g/mol. The van der Waals surface area contributed by atoms with Crippen molar-refractivity contribution in [2.75, 3.05) is 0 Å². The average molecular weight is 330 g/mol. The van der Waals surface area contributed by atoms with E-state index in [1.807, 2.05) is 12.3 Å². The molecule has 2 aliphatic carbocycles. The lowest BCUT2D eigenvalue weighted by atomic mass is 9.76. The van der Waals surface area contributed by atoms with Gasteiger partial charge in [0.25, 0.3) is 5.91 Å². The second kappa shape index (κ2) is 5.29. The van der Waals surface area contributed by atoms with E-state index >= 15 is 0 Å². The Kier molecular flexibility index (Phi) is 3.15. The molecule has 1 fully saturated rings. The number of aryl methyl sites for hydroxylation is 1. The molecule has 25 heavy (non-hydrogen) atoms. The summed E-state index contributed by atoms with van der Waals surface area (Å²) < 4.78 is 0. The summed E-state index contributed by atoms with van der Waals surface area (Å²) in [6, 6.07) is 8.62. The smallest absolute Gasteiger partial charge is 0.252 e. The molecule has 1 saturated carbocycles. The zero-order valence-corrected chi connectivity index (χ0v) is 14.6. The van der Waals surface area contributed by atoms with Gasteiger partial charge in [0.1, 0.15) is 0 Å². The summed E-state index contributed by atoms with van der Waals surface area (Å²) in [7, 11) is 0. The van der Waals surface area contributed by atoms with E-state index in [0.717, 1.165) is 30.5 Å². The highest BCUT2D eigenvalue weighted by Gasteiger charge is 2.43. The van der Waals surface area contributed by atoms with Gasteiger partial charge in [-0.25, -0.2) is 0 Å². The summed E-state index contributed by atoms with van der Waals surface area (Å²) in [5.41, 5.74) is 8.01. The minimum atomic E-state index is -0.131. The number of amides is 1. The number of nitrogens with one attached hydrogen (secondary N) is 1. The summed E-state index contributed by atoms with van der Waals surface area (Å²) in [5.74, 6) is 0.0989. The van der Waals surface area contributed by atoms with Crippen LogP contribution in [0.5, 0.6) is 0 Å². The zero-order valence-electron chi connectivity index (χ0n) is 14.6. The molecule has 0 unspecified atom stereocenters. The number of benzene rings is 1. The van der Waals surface area contributed by atoms with Crippen LogP contribution in [0.2, 0.25) is 0 Å². The van der Waals surface area contributed by atoms with E-state index in [2.05, 4.69) is 41.5 Å². The molecule has 0 atom stereocenters. The van der Waals surface area contributed by atoms with Crippen molar-refractivity contribution < 1.29 is 4.79 Å². The second-order valence-electron chi connectivity index (χ2n) is 7.69. The van der Waals surface area contributed by atoms with Gasteiger partial charge in [0.2, 0.25) is 0 Å². The van der Waals surface area contributed by atoms with Gasteiger partial charge in [0, 0.05) is 23.7 Å². The lowest BCUT2D eigenvalue weighted by Crippen LogP contribution is -2.40. The van der Waals surface area contributed by atoms with Crippen LogP contribution in [0.4, 0.5) is 0 Å². The summed E-state index contributed by atoms with van der Waals surface area (Å²) in [5, 5.41) is 3.31. The Balaban J connectivity index is 1.62. The summed E-state index contributed by atoms with van der Waals surface area (Å²) in [6.07, 6.45) is 10.9. The normalized spacial score (nSPS) is 20.2. The van der Waals surface area contributed by atoms with E-state index in [-0.39, 0.29) is 11.4 Å². The number of pyridine rings is 1. The molecule has 1 spiro atoms. The van der Waals surface area contributed by atoms with E-state index in [1.165, 1.54) is 47.1 Å². The number of rotatable bonds is 1. The summed E-state index contributed by atoms with van der Waals surface area (Å²) in [4.78, 5) is 17.1. The molecule has 0 saturated heterocycles. The number of hydrogen-bond acceptors (Lipinski definition) is 2. The van der Waals surface area contributed by atoms with Gasteiger partial charge in [-0.15, -0.1) is 0 Å². The molecule has 2 aromatic rings. The average Bonchev–Trinajstić information content (AvgIpc) is 3.15. The highest BCUT2D eigenvalue weighted by molar-refractivity contribution is 6.01. The van der Waals surface area contributed by atoms with Crippen molar-refractivity contribution in [1.82, 2.24) is 10.3 Å². The van der Waals surface area contributed by atoms with Crippen LogP contribution in [0.3, 0.4) is 0 Å². The molecule has 0 bridgehead atoms. The van der Waals surface area contributed by atoms with Gasteiger partial charge in [-0.2, -0.15) is 0 Å². The van der Waals surface area contributed by atoms with E-state index in [0.29, 0.717) is 0 Å². The quantitative estimate of drug-likeness (QED) is 0.848. The Labute approximate surface area is 148 Å². The third-order valence-electron chi connectivity index (χ3n) is 6.05. The first kappa shape index (κ1) is 14.9. The number of allylic oxidation sites excluding steroid dienone is 1. The fraction of sp³-hybridized carbons (Fsp3) is 0.364. The first-order valence-corrected chi connectivity index (χ1v) is 9.30. The van der Waals surface area contributed by atoms with Gasteiger partial charge >= 0.3 is 0 Å². The lowest BCUT2D eigenvalue weighted by Gasteiger charge is -2.34. The first-order valence-electron chi connectivity index (χ1n) is 9.30. The number of aromatic nitrogens is 1. The third kappa shape index (κ3) is 2.18. The highest BCUT2D eigenvalue weighted by atomic mass is 16.2. The number of carbonyl (C=O) groups excluding carboxylic acids is 1. The molecule has 126 valence electrons. The van der Waals surface area contributed by atoms with Gasteiger partial charge < -0.3 is 5.32 Å². The summed E-state index contributed by atoms with van der Waals surface area (Å²) in [6.45, 7) is 2.09. The number of carbonyl (C=O) groups is 1. The second-order valence-corrected chi connectivity index (χ2v) is 7.69. The van der Waals surface area contributed by atoms with Gasteiger partial charge in [-0.05, 0) is 60.2 Å². The number of hydrogen-bond donors (Lipinski definition) is 1. The van der Waals surface area contributed by atoms with E-state index in [4.69, 9.17) is 0 Å². The van der Waals surface area contributed by atoms with Crippen LogP contribution in [-0.4, -0.2) is 10.9 Å². The largest absolute Gasteiger partial charge is 0.342 e. The van der Waals surface area contributed by atoms with Gasteiger partial charge in [-0.3, -0.25) is 9.78 Å². The SMILES string of the molecule is Cc1cnc2c(c1)C(c1ccc3c(c1)C1(CCCCC1)NC3=O)=CC2. The maximum Gasteiger partial charge on any atom is 0.252 e.